The summed E-state index contributed by atoms with van der Waals surface area (Å²) in [6.07, 6.45) is 7.49. The molecule has 4 nitrogen and oxygen atoms in total. The van der Waals surface area contributed by atoms with Crippen molar-refractivity contribution in [1.82, 2.24) is 0 Å². The minimum atomic E-state index is -5.39. The van der Waals surface area contributed by atoms with Crippen molar-refractivity contribution in [2.45, 2.75) is 59.3 Å². The molecule has 0 saturated heterocycles. The fourth-order valence-electron chi connectivity index (χ4n) is 0.697. The van der Waals surface area contributed by atoms with Gasteiger partial charge in [-0.25, -0.2) is 0 Å². The Morgan fingerprint density at radius 3 is 1.61 bits per heavy atom. The van der Waals surface area contributed by atoms with Gasteiger partial charge in [0, 0.05) is 0 Å². The zero-order chi connectivity index (χ0) is 14.3. The maximum atomic E-state index is 8.55. The predicted octanol–water partition coefficient (Wildman–Crippen LogP) is 1.83. The van der Waals surface area contributed by atoms with Crippen LogP contribution in [0.5, 0.6) is 0 Å². The van der Waals surface area contributed by atoms with Gasteiger partial charge in [0.15, 0.2) is 0 Å². The Labute approximate surface area is 146 Å². The second-order valence-corrected chi connectivity index (χ2v) is 4.61. The topological polar surface area (TPSA) is 86.2 Å². The smallest absolute Gasteiger partial charge is 0.822 e. The van der Waals surface area contributed by atoms with Crippen LogP contribution in [0.1, 0.15) is 59.3 Å². The Morgan fingerprint density at radius 2 is 1.44 bits per heavy atom. The molecule has 0 fully saturated rings. The largest absolute Gasteiger partial charge is 3.00 e. The van der Waals surface area contributed by atoms with Crippen LogP contribution in [-0.4, -0.2) is 0 Å². The molecule has 0 aliphatic carbocycles. The number of unbranched alkanes of at least 4 members (excludes halogenated alkanes) is 2. The summed E-state index contributed by atoms with van der Waals surface area (Å²) in [4.78, 5) is 25.6. The predicted molar refractivity (Wildman–Crippen MR) is 66.5 cm³/mol. The maximum Gasteiger partial charge on any atom is 3.00 e. The van der Waals surface area contributed by atoms with E-state index in [1.165, 1.54) is 32.1 Å². The van der Waals surface area contributed by atoms with Crippen molar-refractivity contribution in [2.75, 3.05) is 0 Å². The van der Waals surface area contributed by atoms with Crippen LogP contribution in [0.25, 0.3) is 0 Å². The molecule has 1 radical (unpaired) electrons. The fourth-order valence-corrected chi connectivity index (χ4v) is 0.697. The van der Waals surface area contributed by atoms with Crippen molar-refractivity contribution in [1.29, 1.82) is 0 Å². The van der Waals surface area contributed by atoms with E-state index >= 15 is 0 Å². The molecule has 0 N–H and O–H groups in total. The van der Waals surface area contributed by atoms with Gasteiger partial charge in [0.1, 0.15) is 0 Å². The monoisotopic (exact) mass is 407 g/mol. The molecule has 1 atom stereocenters. The molecule has 0 aromatic rings. The Bertz CT molecular complexity index is 163. The normalized spacial score (nSPS) is 11.1. The third-order valence-electron chi connectivity index (χ3n) is 1.90. The van der Waals surface area contributed by atoms with Gasteiger partial charge in [-0.2, -0.15) is 20.2 Å². The zero-order valence-electron chi connectivity index (χ0n) is 11.8. The molecule has 0 bridgehead atoms. The van der Waals surface area contributed by atoms with Crippen molar-refractivity contribution in [3.8, 4) is 0 Å². The van der Waals surface area contributed by atoms with Gasteiger partial charge >= 0.3 is 40.8 Å². The molecule has 18 heavy (non-hydrogen) atoms. The van der Waals surface area contributed by atoms with E-state index in [0.29, 0.717) is 5.92 Å². The second-order valence-electron chi connectivity index (χ2n) is 3.72. The first-order chi connectivity index (χ1) is 7.72. The van der Waals surface area contributed by atoms with Crippen LogP contribution in [0.15, 0.2) is 0 Å². The van der Waals surface area contributed by atoms with Crippen LogP contribution >= 0.6 is 7.82 Å². The molecular weight excluding hydrogens is 383 g/mol. The van der Waals surface area contributed by atoms with Crippen LogP contribution < -0.4 is 14.7 Å². The van der Waals surface area contributed by atoms with Gasteiger partial charge < -0.3 is 33.1 Å². The zero-order valence-corrected chi connectivity index (χ0v) is 15.9. The summed E-state index contributed by atoms with van der Waals surface area (Å²) in [6, 6.07) is 0. The van der Waals surface area contributed by atoms with Gasteiger partial charge in [-0.05, 0) is 0 Å². The van der Waals surface area contributed by atoms with Crippen LogP contribution in [-0.2, 0) is 4.57 Å². The Balaban J connectivity index is -0.0000000855. The molecule has 0 aliphatic rings. The molecule has 0 aliphatic heterocycles. The minimum Gasteiger partial charge on any atom is -0.822 e. The summed E-state index contributed by atoms with van der Waals surface area (Å²) in [5.41, 5.74) is 0. The maximum absolute atomic E-state index is 8.55. The third-order valence-corrected chi connectivity index (χ3v) is 1.90. The summed E-state index contributed by atoms with van der Waals surface area (Å²) in [5, 5.41) is 0. The van der Waals surface area contributed by atoms with Crippen molar-refractivity contribution in [3.63, 3.8) is 0 Å². The quantitative estimate of drug-likeness (QED) is 0.512. The first-order valence-electron chi connectivity index (χ1n) is 6.08. The number of hydrogen-bond donors (Lipinski definition) is 0. The van der Waals surface area contributed by atoms with Crippen LogP contribution in [0.4, 0.5) is 0 Å². The van der Waals surface area contributed by atoms with Crippen molar-refractivity contribution in [3.05, 3.63) is 13.8 Å². The van der Waals surface area contributed by atoms with Crippen molar-refractivity contribution in [2.24, 2.45) is 5.92 Å². The summed E-state index contributed by atoms with van der Waals surface area (Å²) < 4.78 is 8.55. The van der Waals surface area contributed by atoms with E-state index in [-0.39, 0.29) is 40.8 Å². The standard InChI is InChI=1S/C8H17.C4H9.Nd.H3O4P/c1-4-6-7-8(3)5-2;1-3-4-2;;1-5(2,3)4/h8H,3-7H2,1-2H3;1,3-4H2,2H3;;(H3,1,2,3,4)/q2*-1;+3;/p-3. The fraction of sp³-hybridized carbons (Fsp3) is 0.833. The molecule has 6 heteroatoms. The number of rotatable bonds is 5. The Kier molecular flexibility index (Phi) is 32.0. The molecule has 1 unspecified atom stereocenters. The van der Waals surface area contributed by atoms with E-state index in [1.807, 2.05) is 0 Å². The van der Waals surface area contributed by atoms with Gasteiger partial charge in [-0.3, -0.25) is 0 Å². The summed E-state index contributed by atoms with van der Waals surface area (Å²) >= 11 is 0. The van der Waals surface area contributed by atoms with Crippen molar-refractivity contribution < 1.29 is 60.1 Å². The summed E-state index contributed by atoms with van der Waals surface area (Å²) in [5.74, 6) is 0.704. The molecule has 0 aromatic carbocycles. The summed E-state index contributed by atoms with van der Waals surface area (Å²) in [6.45, 7) is 14.1. The summed E-state index contributed by atoms with van der Waals surface area (Å²) in [7, 11) is -5.39. The molecule has 0 spiro atoms. The Hall–Kier alpha value is 1.46. The van der Waals surface area contributed by atoms with E-state index in [0.717, 1.165) is 6.42 Å². The van der Waals surface area contributed by atoms with E-state index in [1.54, 1.807) is 0 Å². The van der Waals surface area contributed by atoms with Crippen LogP contribution in [0.2, 0.25) is 0 Å². The average Bonchev–Trinajstić information content (AvgIpc) is 2.23. The Morgan fingerprint density at radius 1 is 1.11 bits per heavy atom. The molecule has 0 amide bonds. The van der Waals surface area contributed by atoms with E-state index in [9.17, 15) is 0 Å². The molecule has 109 valence electrons. The SMILES string of the molecule is O=P([O-])([O-])[O-].[CH2-]C(CC)CCCC.[CH2-]CCC.[Nd+3]. The molecule has 0 rings (SSSR count). The second kappa shape index (κ2) is 20.8. The first-order valence-corrected chi connectivity index (χ1v) is 7.54. The van der Waals surface area contributed by atoms with Gasteiger partial charge in [0.25, 0.3) is 0 Å². The number of hydrogen-bond acceptors (Lipinski definition) is 4. The molecular formula is C12H26NdO4P-2. The van der Waals surface area contributed by atoms with E-state index in [4.69, 9.17) is 19.2 Å². The molecule has 0 saturated carbocycles. The van der Waals surface area contributed by atoms with E-state index in [2.05, 4.69) is 34.6 Å². The molecule has 0 aromatic heterocycles. The van der Waals surface area contributed by atoms with Gasteiger partial charge in [0.05, 0.1) is 0 Å². The van der Waals surface area contributed by atoms with E-state index < -0.39 is 7.82 Å². The first kappa shape index (κ1) is 27.7. The van der Waals surface area contributed by atoms with Gasteiger partial charge in [-0.15, -0.1) is 0 Å². The third kappa shape index (κ3) is 66.1. The van der Waals surface area contributed by atoms with Crippen LogP contribution in [0, 0.1) is 60.6 Å². The minimum absolute atomic E-state index is 0. The van der Waals surface area contributed by atoms with Crippen molar-refractivity contribution >= 4 is 7.82 Å². The van der Waals surface area contributed by atoms with Gasteiger partial charge in [-0.1, -0.05) is 52.9 Å². The number of phosphoric acid groups is 1. The van der Waals surface area contributed by atoms with Crippen LogP contribution in [0.3, 0.4) is 0 Å². The average molecular weight is 410 g/mol. The van der Waals surface area contributed by atoms with Gasteiger partial charge in [0.2, 0.25) is 0 Å². The molecule has 0 heterocycles.